The van der Waals surface area contributed by atoms with Gasteiger partial charge >= 0.3 is 0 Å². The molecule has 0 saturated heterocycles. The smallest absolute Gasteiger partial charge is 0.276 e. The molecular formula is C14H18N4O. The highest BCUT2D eigenvalue weighted by Crippen LogP contribution is 2.13. The van der Waals surface area contributed by atoms with Gasteiger partial charge in [-0.25, -0.2) is 4.68 Å². The predicted molar refractivity (Wildman–Crippen MR) is 73.3 cm³/mol. The van der Waals surface area contributed by atoms with Crippen LogP contribution in [0.4, 0.5) is 0 Å². The number of benzene rings is 1. The van der Waals surface area contributed by atoms with E-state index in [1.54, 1.807) is 9.58 Å². The van der Waals surface area contributed by atoms with E-state index in [9.17, 15) is 4.79 Å². The van der Waals surface area contributed by atoms with Crippen LogP contribution in [0.3, 0.4) is 0 Å². The number of nitrogens with zero attached hydrogens (tertiary/aromatic N) is 4. The lowest BCUT2D eigenvalue weighted by Crippen LogP contribution is -2.31. The van der Waals surface area contributed by atoms with E-state index in [1.165, 1.54) is 0 Å². The van der Waals surface area contributed by atoms with Gasteiger partial charge in [0.1, 0.15) is 0 Å². The van der Waals surface area contributed by atoms with Crippen LogP contribution in [0, 0.1) is 6.92 Å². The van der Waals surface area contributed by atoms with E-state index in [0.717, 1.165) is 11.4 Å². The molecule has 0 aliphatic rings. The Kier molecular flexibility index (Phi) is 3.94. The summed E-state index contributed by atoms with van der Waals surface area (Å²) < 4.78 is 1.69. The van der Waals surface area contributed by atoms with Crippen molar-refractivity contribution in [3.05, 3.63) is 41.7 Å². The molecular weight excluding hydrogens is 240 g/mol. The van der Waals surface area contributed by atoms with Gasteiger partial charge in [-0.05, 0) is 32.9 Å². The molecule has 5 nitrogen and oxygen atoms in total. The average Bonchev–Trinajstić information content (AvgIpc) is 2.83. The highest BCUT2D eigenvalue weighted by Gasteiger charge is 2.20. The fourth-order valence-electron chi connectivity index (χ4n) is 2.00. The fraction of sp³-hybridized carbons (Fsp3) is 0.357. The lowest BCUT2D eigenvalue weighted by Gasteiger charge is -2.17. The summed E-state index contributed by atoms with van der Waals surface area (Å²) in [6, 6.07) is 9.68. The van der Waals surface area contributed by atoms with E-state index in [-0.39, 0.29) is 5.91 Å². The van der Waals surface area contributed by atoms with Crippen LogP contribution in [-0.2, 0) is 0 Å². The Labute approximate surface area is 112 Å². The molecule has 1 heterocycles. The maximum absolute atomic E-state index is 12.3. The number of carbonyl (C=O) groups excluding carboxylic acids is 1. The highest BCUT2D eigenvalue weighted by atomic mass is 16.2. The third kappa shape index (κ3) is 2.50. The van der Waals surface area contributed by atoms with Crippen LogP contribution in [0.1, 0.15) is 30.0 Å². The number of carbonyl (C=O) groups is 1. The number of aromatic nitrogens is 3. The summed E-state index contributed by atoms with van der Waals surface area (Å²) >= 11 is 0. The fourth-order valence-corrected chi connectivity index (χ4v) is 2.00. The predicted octanol–water partition coefficient (Wildman–Crippen LogP) is 2.06. The molecule has 0 aliphatic heterocycles. The van der Waals surface area contributed by atoms with Crippen LogP contribution in [0.5, 0.6) is 0 Å². The second-order valence-corrected chi connectivity index (χ2v) is 4.25. The molecule has 0 unspecified atom stereocenters. The Morgan fingerprint density at radius 3 is 2.42 bits per heavy atom. The minimum Gasteiger partial charge on any atom is -0.338 e. The molecule has 0 radical (unpaired) electrons. The lowest BCUT2D eigenvalue weighted by molar-refractivity contribution is 0.0766. The lowest BCUT2D eigenvalue weighted by atomic mass is 10.2. The Bertz CT molecular complexity index is 558. The first-order valence-corrected chi connectivity index (χ1v) is 6.46. The van der Waals surface area contributed by atoms with Gasteiger partial charge in [-0.1, -0.05) is 23.4 Å². The van der Waals surface area contributed by atoms with E-state index < -0.39 is 0 Å². The largest absolute Gasteiger partial charge is 0.338 e. The number of para-hydroxylation sites is 1. The Morgan fingerprint density at radius 2 is 1.84 bits per heavy atom. The highest BCUT2D eigenvalue weighted by molar-refractivity contribution is 5.93. The van der Waals surface area contributed by atoms with Crippen LogP contribution < -0.4 is 0 Å². The van der Waals surface area contributed by atoms with Crippen LogP contribution >= 0.6 is 0 Å². The molecule has 1 aromatic heterocycles. The number of hydrogen-bond donors (Lipinski definition) is 0. The monoisotopic (exact) mass is 258 g/mol. The van der Waals surface area contributed by atoms with Gasteiger partial charge in [0, 0.05) is 13.1 Å². The van der Waals surface area contributed by atoms with Crippen molar-refractivity contribution in [1.29, 1.82) is 0 Å². The number of amides is 1. The van der Waals surface area contributed by atoms with Crippen molar-refractivity contribution < 1.29 is 4.79 Å². The van der Waals surface area contributed by atoms with Gasteiger partial charge in [-0.3, -0.25) is 4.79 Å². The van der Waals surface area contributed by atoms with Gasteiger partial charge in [0.2, 0.25) is 0 Å². The summed E-state index contributed by atoms with van der Waals surface area (Å²) in [7, 11) is 0. The molecule has 2 aromatic rings. The van der Waals surface area contributed by atoms with E-state index in [0.29, 0.717) is 18.8 Å². The van der Waals surface area contributed by atoms with Crippen molar-refractivity contribution in [2.45, 2.75) is 20.8 Å². The van der Waals surface area contributed by atoms with Crippen molar-refractivity contribution in [2.24, 2.45) is 0 Å². The molecule has 0 saturated carbocycles. The van der Waals surface area contributed by atoms with Crippen LogP contribution in [0.25, 0.3) is 5.69 Å². The second-order valence-electron chi connectivity index (χ2n) is 4.25. The molecule has 0 aliphatic carbocycles. The third-order valence-electron chi connectivity index (χ3n) is 3.15. The topological polar surface area (TPSA) is 51.0 Å². The molecule has 19 heavy (non-hydrogen) atoms. The summed E-state index contributed by atoms with van der Waals surface area (Å²) in [4.78, 5) is 14.0. The summed E-state index contributed by atoms with van der Waals surface area (Å²) in [6.07, 6.45) is 0. The van der Waals surface area contributed by atoms with E-state index in [2.05, 4.69) is 10.3 Å². The summed E-state index contributed by atoms with van der Waals surface area (Å²) in [5.41, 5.74) is 2.10. The molecule has 0 N–H and O–H groups in total. The summed E-state index contributed by atoms with van der Waals surface area (Å²) in [5.74, 6) is -0.0651. The van der Waals surface area contributed by atoms with Crippen molar-refractivity contribution in [3.63, 3.8) is 0 Å². The normalized spacial score (nSPS) is 10.5. The van der Waals surface area contributed by atoms with Gasteiger partial charge in [-0.2, -0.15) is 0 Å². The van der Waals surface area contributed by atoms with Crippen LogP contribution in [-0.4, -0.2) is 38.9 Å². The molecule has 1 amide bonds. The first-order chi connectivity index (χ1) is 9.19. The van der Waals surface area contributed by atoms with Crippen LogP contribution in [0.2, 0.25) is 0 Å². The summed E-state index contributed by atoms with van der Waals surface area (Å²) in [5, 5.41) is 8.11. The quantitative estimate of drug-likeness (QED) is 0.843. The van der Waals surface area contributed by atoms with Crippen LogP contribution in [0.15, 0.2) is 30.3 Å². The zero-order valence-corrected chi connectivity index (χ0v) is 11.5. The molecule has 0 atom stereocenters. The number of hydrogen-bond acceptors (Lipinski definition) is 3. The SMILES string of the molecule is CCN(CC)C(=O)c1nnn(-c2ccccc2)c1C. The molecule has 100 valence electrons. The first-order valence-electron chi connectivity index (χ1n) is 6.46. The average molecular weight is 258 g/mol. The minimum absolute atomic E-state index is 0.0651. The number of rotatable bonds is 4. The second kappa shape index (κ2) is 5.65. The van der Waals surface area contributed by atoms with Gasteiger partial charge in [-0.15, -0.1) is 5.10 Å². The molecule has 2 rings (SSSR count). The zero-order chi connectivity index (χ0) is 13.8. The standard InChI is InChI=1S/C14H18N4O/c1-4-17(5-2)14(19)13-11(3)18(16-15-13)12-9-7-6-8-10-12/h6-10H,4-5H2,1-3H3. The van der Waals surface area contributed by atoms with Gasteiger partial charge in [0.05, 0.1) is 11.4 Å². The molecule has 5 heteroatoms. The van der Waals surface area contributed by atoms with E-state index in [1.807, 2.05) is 51.1 Å². The van der Waals surface area contributed by atoms with Gasteiger partial charge < -0.3 is 4.90 Å². The molecule has 0 fully saturated rings. The Morgan fingerprint density at radius 1 is 1.21 bits per heavy atom. The van der Waals surface area contributed by atoms with Crippen molar-refractivity contribution in [2.75, 3.05) is 13.1 Å². The maximum atomic E-state index is 12.3. The summed E-state index contributed by atoms with van der Waals surface area (Å²) in [6.45, 7) is 7.13. The molecule has 0 bridgehead atoms. The van der Waals surface area contributed by atoms with E-state index >= 15 is 0 Å². The Balaban J connectivity index is 2.36. The maximum Gasteiger partial charge on any atom is 0.276 e. The third-order valence-corrected chi connectivity index (χ3v) is 3.15. The van der Waals surface area contributed by atoms with Gasteiger partial charge in [0.15, 0.2) is 5.69 Å². The van der Waals surface area contributed by atoms with Crippen molar-refractivity contribution in [1.82, 2.24) is 19.9 Å². The first kappa shape index (κ1) is 13.3. The molecule has 1 aromatic carbocycles. The van der Waals surface area contributed by atoms with E-state index in [4.69, 9.17) is 0 Å². The minimum atomic E-state index is -0.0651. The van der Waals surface area contributed by atoms with Crippen molar-refractivity contribution in [3.8, 4) is 5.69 Å². The van der Waals surface area contributed by atoms with Gasteiger partial charge in [0.25, 0.3) is 5.91 Å². The molecule has 0 spiro atoms. The zero-order valence-electron chi connectivity index (χ0n) is 11.5. The Hall–Kier alpha value is -2.17. The van der Waals surface area contributed by atoms with Crippen molar-refractivity contribution >= 4 is 5.91 Å².